The van der Waals surface area contributed by atoms with E-state index in [1.807, 2.05) is 24.3 Å². The van der Waals surface area contributed by atoms with Crippen molar-refractivity contribution >= 4 is 11.8 Å². The van der Waals surface area contributed by atoms with Crippen LogP contribution in [0.15, 0.2) is 28.9 Å². The SMILES string of the molecule is COc1ccc(-c2nonc2CNC(=O)C2CCCN(C(C)=O)C2)cc1. The minimum absolute atomic E-state index is 0.00462. The summed E-state index contributed by atoms with van der Waals surface area (Å²) in [5.74, 6) is 0.467. The summed E-state index contributed by atoms with van der Waals surface area (Å²) >= 11 is 0. The average molecular weight is 358 g/mol. The molecule has 26 heavy (non-hydrogen) atoms. The van der Waals surface area contributed by atoms with Crippen LogP contribution in [0.4, 0.5) is 0 Å². The summed E-state index contributed by atoms with van der Waals surface area (Å²) in [6.45, 7) is 2.93. The molecule has 2 aromatic rings. The number of methoxy groups -OCH3 is 1. The lowest BCUT2D eigenvalue weighted by atomic mass is 9.97. The van der Waals surface area contributed by atoms with E-state index >= 15 is 0 Å². The van der Waals surface area contributed by atoms with Gasteiger partial charge in [0.1, 0.15) is 17.1 Å². The second-order valence-electron chi connectivity index (χ2n) is 6.31. The van der Waals surface area contributed by atoms with Gasteiger partial charge < -0.3 is 15.0 Å². The second-order valence-corrected chi connectivity index (χ2v) is 6.31. The Morgan fingerprint density at radius 2 is 2.08 bits per heavy atom. The maximum Gasteiger partial charge on any atom is 0.225 e. The van der Waals surface area contributed by atoms with Crippen LogP contribution >= 0.6 is 0 Å². The number of amides is 2. The van der Waals surface area contributed by atoms with Crippen LogP contribution in [0.3, 0.4) is 0 Å². The van der Waals surface area contributed by atoms with E-state index in [1.165, 1.54) is 6.92 Å². The summed E-state index contributed by atoms with van der Waals surface area (Å²) in [6.07, 6.45) is 1.61. The van der Waals surface area contributed by atoms with Crippen molar-refractivity contribution in [1.29, 1.82) is 0 Å². The van der Waals surface area contributed by atoms with E-state index in [9.17, 15) is 9.59 Å². The van der Waals surface area contributed by atoms with Crippen LogP contribution in [0.1, 0.15) is 25.5 Å². The molecule has 0 spiro atoms. The van der Waals surface area contributed by atoms with Gasteiger partial charge in [-0.25, -0.2) is 4.63 Å². The Balaban J connectivity index is 1.62. The molecule has 0 bridgehead atoms. The molecule has 1 N–H and O–H groups in total. The predicted octanol–water partition coefficient (Wildman–Crippen LogP) is 1.62. The smallest absolute Gasteiger partial charge is 0.225 e. The highest BCUT2D eigenvalue weighted by molar-refractivity contribution is 5.80. The maximum atomic E-state index is 12.4. The summed E-state index contributed by atoms with van der Waals surface area (Å²) in [7, 11) is 1.60. The van der Waals surface area contributed by atoms with Crippen molar-refractivity contribution < 1.29 is 19.0 Å². The van der Waals surface area contributed by atoms with E-state index in [4.69, 9.17) is 9.37 Å². The number of ether oxygens (including phenoxy) is 1. The number of rotatable bonds is 5. The fourth-order valence-corrected chi connectivity index (χ4v) is 3.08. The van der Waals surface area contributed by atoms with Gasteiger partial charge >= 0.3 is 0 Å². The van der Waals surface area contributed by atoms with Gasteiger partial charge in [0.2, 0.25) is 11.8 Å². The fraction of sp³-hybridized carbons (Fsp3) is 0.444. The van der Waals surface area contributed by atoms with Gasteiger partial charge in [-0.05, 0) is 42.3 Å². The van der Waals surface area contributed by atoms with Crippen molar-refractivity contribution in [2.75, 3.05) is 20.2 Å². The first-order chi connectivity index (χ1) is 12.6. The quantitative estimate of drug-likeness (QED) is 0.872. The third-order valence-electron chi connectivity index (χ3n) is 4.59. The first kappa shape index (κ1) is 17.9. The number of likely N-dealkylation sites (tertiary alicyclic amines) is 1. The van der Waals surface area contributed by atoms with Crippen molar-refractivity contribution in [3.8, 4) is 17.0 Å². The highest BCUT2D eigenvalue weighted by Gasteiger charge is 2.27. The molecule has 1 unspecified atom stereocenters. The van der Waals surface area contributed by atoms with Crippen LogP contribution in [-0.4, -0.2) is 47.2 Å². The zero-order valence-corrected chi connectivity index (χ0v) is 14.9. The number of aromatic nitrogens is 2. The molecule has 2 heterocycles. The molecule has 0 aliphatic carbocycles. The number of carbonyl (C=O) groups excluding carboxylic acids is 2. The topological polar surface area (TPSA) is 97.6 Å². The van der Waals surface area contributed by atoms with Gasteiger partial charge in [-0.3, -0.25) is 9.59 Å². The second kappa shape index (κ2) is 7.99. The van der Waals surface area contributed by atoms with Crippen LogP contribution < -0.4 is 10.1 Å². The van der Waals surface area contributed by atoms with Crippen LogP contribution in [0, 0.1) is 5.92 Å². The van der Waals surface area contributed by atoms with Gasteiger partial charge in [-0.15, -0.1) is 0 Å². The molecule has 8 heteroatoms. The van der Waals surface area contributed by atoms with Crippen LogP contribution in [0.5, 0.6) is 5.75 Å². The summed E-state index contributed by atoms with van der Waals surface area (Å²) in [5.41, 5.74) is 1.97. The molecule has 1 aliphatic rings. The number of hydrogen-bond acceptors (Lipinski definition) is 6. The molecule has 1 fully saturated rings. The standard InChI is InChI=1S/C18H22N4O4/c1-12(23)22-9-3-4-14(11-22)18(24)19-10-16-17(21-26-20-16)13-5-7-15(25-2)8-6-13/h5-8,14H,3-4,9-11H2,1-2H3,(H,19,24). The Morgan fingerprint density at radius 3 is 2.77 bits per heavy atom. The molecular weight excluding hydrogens is 336 g/mol. The zero-order valence-electron chi connectivity index (χ0n) is 14.9. The van der Waals surface area contributed by atoms with E-state index in [2.05, 4.69) is 15.6 Å². The third-order valence-corrected chi connectivity index (χ3v) is 4.59. The highest BCUT2D eigenvalue weighted by Crippen LogP contribution is 2.23. The first-order valence-electron chi connectivity index (χ1n) is 8.57. The minimum atomic E-state index is -0.197. The van der Waals surface area contributed by atoms with Crippen molar-refractivity contribution in [2.24, 2.45) is 5.92 Å². The summed E-state index contributed by atoms with van der Waals surface area (Å²) in [5, 5.41) is 10.7. The summed E-state index contributed by atoms with van der Waals surface area (Å²) in [4.78, 5) is 25.7. The largest absolute Gasteiger partial charge is 0.497 e. The van der Waals surface area contributed by atoms with Gasteiger partial charge in [0.25, 0.3) is 0 Å². The molecule has 0 radical (unpaired) electrons. The van der Waals surface area contributed by atoms with Crippen molar-refractivity contribution in [3.63, 3.8) is 0 Å². The van der Waals surface area contributed by atoms with E-state index in [0.717, 1.165) is 24.2 Å². The van der Waals surface area contributed by atoms with Crippen molar-refractivity contribution in [1.82, 2.24) is 20.5 Å². The molecule has 1 atom stereocenters. The Kier molecular flexibility index (Phi) is 5.50. The number of nitrogens with zero attached hydrogens (tertiary/aromatic N) is 3. The number of nitrogens with one attached hydrogen (secondary N) is 1. The Hall–Kier alpha value is -2.90. The average Bonchev–Trinajstić information content (AvgIpc) is 3.14. The number of benzene rings is 1. The lowest BCUT2D eigenvalue weighted by molar-refractivity contribution is -0.134. The van der Waals surface area contributed by atoms with Gasteiger partial charge in [0, 0.05) is 25.6 Å². The van der Waals surface area contributed by atoms with E-state index in [0.29, 0.717) is 24.5 Å². The fourth-order valence-electron chi connectivity index (χ4n) is 3.08. The molecule has 1 saturated heterocycles. The monoisotopic (exact) mass is 358 g/mol. The number of piperidine rings is 1. The Morgan fingerprint density at radius 1 is 1.31 bits per heavy atom. The number of hydrogen-bond donors (Lipinski definition) is 1. The summed E-state index contributed by atoms with van der Waals surface area (Å²) in [6, 6.07) is 7.36. The molecule has 3 rings (SSSR count). The molecular formula is C18H22N4O4. The maximum absolute atomic E-state index is 12.4. The minimum Gasteiger partial charge on any atom is -0.497 e. The molecule has 1 aromatic carbocycles. The summed E-state index contributed by atoms with van der Waals surface area (Å²) < 4.78 is 9.99. The Labute approximate surface area is 151 Å². The van der Waals surface area contributed by atoms with E-state index < -0.39 is 0 Å². The number of carbonyl (C=O) groups is 2. The zero-order chi connectivity index (χ0) is 18.5. The highest BCUT2D eigenvalue weighted by atomic mass is 16.6. The van der Waals surface area contributed by atoms with Gasteiger partial charge in [-0.1, -0.05) is 5.16 Å². The van der Waals surface area contributed by atoms with Crippen LogP contribution in [-0.2, 0) is 16.1 Å². The molecule has 2 amide bonds. The van der Waals surface area contributed by atoms with Crippen molar-refractivity contribution in [3.05, 3.63) is 30.0 Å². The van der Waals surface area contributed by atoms with E-state index in [1.54, 1.807) is 12.0 Å². The molecule has 1 aromatic heterocycles. The van der Waals surface area contributed by atoms with Gasteiger partial charge in [-0.2, -0.15) is 0 Å². The normalized spacial score (nSPS) is 17.0. The Bertz CT molecular complexity index is 772. The first-order valence-corrected chi connectivity index (χ1v) is 8.57. The van der Waals surface area contributed by atoms with Gasteiger partial charge in [0.05, 0.1) is 19.6 Å². The third kappa shape index (κ3) is 4.01. The van der Waals surface area contributed by atoms with E-state index in [-0.39, 0.29) is 24.3 Å². The van der Waals surface area contributed by atoms with Crippen molar-refractivity contribution in [2.45, 2.75) is 26.3 Å². The molecule has 8 nitrogen and oxygen atoms in total. The molecule has 0 saturated carbocycles. The molecule has 1 aliphatic heterocycles. The predicted molar refractivity (Wildman–Crippen MR) is 93.1 cm³/mol. The van der Waals surface area contributed by atoms with Gasteiger partial charge in [0.15, 0.2) is 0 Å². The molecule has 138 valence electrons. The van der Waals surface area contributed by atoms with Crippen LogP contribution in [0.25, 0.3) is 11.3 Å². The lowest BCUT2D eigenvalue weighted by Crippen LogP contribution is -2.44. The van der Waals surface area contributed by atoms with Crippen LogP contribution in [0.2, 0.25) is 0 Å². The lowest BCUT2D eigenvalue weighted by Gasteiger charge is -2.31.